The van der Waals surface area contributed by atoms with Gasteiger partial charge in [0, 0.05) is 11.3 Å². The summed E-state index contributed by atoms with van der Waals surface area (Å²) in [7, 11) is 0. The first kappa shape index (κ1) is 12.3. The largest absolute Gasteiger partial charge is 0.294 e. The van der Waals surface area contributed by atoms with Gasteiger partial charge in [-0.1, -0.05) is 23.7 Å². The number of halogens is 2. The topological polar surface area (TPSA) is 17.1 Å². The van der Waals surface area contributed by atoms with Gasteiger partial charge in [0.25, 0.3) is 0 Å². The number of Topliss-reactive ketones (excluding diaryl/α,β-unsaturated/α-hetero) is 1. The van der Waals surface area contributed by atoms with E-state index in [1.807, 2.05) is 17.5 Å². The summed E-state index contributed by atoms with van der Waals surface area (Å²) in [5, 5.41) is 2.14. The van der Waals surface area contributed by atoms with E-state index >= 15 is 0 Å². The quantitative estimate of drug-likeness (QED) is 0.753. The molecule has 0 saturated carbocycles. The van der Waals surface area contributed by atoms with Crippen molar-refractivity contribution < 1.29 is 9.18 Å². The first-order valence-electron chi connectivity index (χ1n) is 5.18. The molecule has 0 atom stereocenters. The van der Waals surface area contributed by atoms with Crippen LogP contribution in [-0.4, -0.2) is 5.78 Å². The second-order valence-corrected chi connectivity index (χ2v) is 5.04. The van der Waals surface area contributed by atoms with Crippen molar-refractivity contribution >= 4 is 28.7 Å². The van der Waals surface area contributed by atoms with E-state index < -0.39 is 5.82 Å². The number of rotatable bonds is 4. The smallest absolute Gasteiger partial charge is 0.167 e. The predicted octanol–water partition coefficient (Wildman–Crippen LogP) is 4.36. The van der Waals surface area contributed by atoms with Gasteiger partial charge in [0.2, 0.25) is 0 Å². The number of carbonyl (C=O) groups excluding carboxylic acids is 1. The second kappa shape index (κ2) is 5.43. The molecule has 1 aromatic heterocycles. The van der Waals surface area contributed by atoms with Gasteiger partial charge in [-0.15, -0.1) is 11.3 Å². The van der Waals surface area contributed by atoms with Crippen molar-refractivity contribution in [2.45, 2.75) is 12.8 Å². The van der Waals surface area contributed by atoms with Gasteiger partial charge >= 0.3 is 0 Å². The Morgan fingerprint density at radius 1 is 1.29 bits per heavy atom. The molecule has 17 heavy (non-hydrogen) atoms. The van der Waals surface area contributed by atoms with Crippen molar-refractivity contribution in [1.82, 2.24) is 0 Å². The van der Waals surface area contributed by atoms with Crippen molar-refractivity contribution in [2.24, 2.45) is 0 Å². The van der Waals surface area contributed by atoms with Crippen LogP contribution in [0, 0.1) is 5.82 Å². The Morgan fingerprint density at radius 3 is 2.76 bits per heavy atom. The maximum atomic E-state index is 13.5. The van der Waals surface area contributed by atoms with Gasteiger partial charge in [0.05, 0.1) is 10.6 Å². The van der Waals surface area contributed by atoms with E-state index in [0.717, 1.165) is 4.88 Å². The third kappa shape index (κ3) is 2.93. The third-order valence-corrected chi connectivity index (χ3v) is 3.67. The molecule has 88 valence electrons. The average Bonchev–Trinajstić information content (AvgIpc) is 2.79. The first-order valence-corrected chi connectivity index (χ1v) is 6.44. The number of aryl methyl sites for hydroxylation is 1. The molecule has 1 aromatic carbocycles. The molecule has 0 aliphatic carbocycles. The predicted molar refractivity (Wildman–Crippen MR) is 68.4 cm³/mol. The SMILES string of the molecule is O=C(CCc1cccs1)c1c(F)cccc1Cl. The summed E-state index contributed by atoms with van der Waals surface area (Å²) in [5.74, 6) is -0.796. The number of thiophene rings is 1. The van der Waals surface area contributed by atoms with E-state index in [4.69, 9.17) is 11.6 Å². The fourth-order valence-electron chi connectivity index (χ4n) is 1.58. The van der Waals surface area contributed by atoms with E-state index in [2.05, 4.69) is 0 Å². The van der Waals surface area contributed by atoms with E-state index in [1.54, 1.807) is 11.3 Å². The van der Waals surface area contributed by atoms with Gasteiger partial charge in [-0.3, -0.25) is 4.79 Å². The molecule has 0 unspecified atom stereocenters. The Morgan fingerprint density at radius 2 is 2.12 bits per heavy atom. The van der Waals surface area contributed by atoms with Crippen LogP contribution in [0.4, 0.5) is 4.39 Å². The Labute approximate surface area is 108 Å². The van der Waals surface area contributed by atoms with Gasteiger partial charge < -0.3 is 0 Å². The van der Waals surface area contributed by atoms with Crippen molar-refractivity contribution in [3.8, 4) is 0 Å². The van der Waals surface area contributed by atoms with Gasteiger partial charge in [-0.25, -0.2) is 4.39 Å². The molecule has 0 saturated heterocycles. The van der Waals surface area contributed by atoms with Gasteiger partial charge in [-0.05, 0) is 30.0 Å². The summed E-state index contributed by atoms with van der Waals surface area (Å²) in [5.41, 5.74) is 0.00530. The van der Waals surface area contributed by atoms with Crippen LogP contribution in [0.15, 0.2) is 35.7 Å². The average molecular weight is 269 g/mol. The normalized spacial score (nSPS) is 10.5. The lowest BCUT2D eigenvalue weighted by Gasteiger charge is -2.04. The molecular weight excluding hydrogens is 259 g/mol. The van der Waals surface area contributed by atoms with Crippen molar-refractivity contribution in [3.05, 3.63) is 57.0 Å². The Hall–Kier alpha value is -1.19. The molecule has 0 radical (unpaired) electrons. The zero-order valence-corrected chi connectivity index (χ0v) is 10.5. The molecule has 0 amide bonds. The molecule has 0 aliphatic heterocycles. The maximum Gasteiger partial charge on any atom is 0.167 e. The summed E-state index contributed by atoms with van der Waals surface area (Å²) in [4.78, 5) is 13.0. The minimum absolute atomic E-state index is 0.00530. The number of hydrogen-bond acceptors (Lipinski definition) is 2. The molecule has 0 N–H and O–H groups in total. The van der Waals surface area contributed by atoms with Crippen LogP contribution in [-0.2, 0) is 6.42 Å². The van der Waals surface area contributed by atoms with Gasteiger partial charge in [0.1, 0.15) is 5.82 Å². The number of ketones is 1. The monoisotopic (exact) mass is 268 g/mol. The van der Waals surface area contributed by atoms with Crippen LogP contribution >= 0.6 is 22.9 Å². The van der Waals surface area contributed by atoms with E-state index in [0.29, 0.717) is 6.42 Å². The molecule has 1 heterocycles. The number of carbonyl (C=O) groups is 1. The fraction of sp³-hybridized carbons (Fsp3) is 0.154. The molecule has 2 aromatic rings. The van der Waals surface area contributed by atoms with Crippen LogP contribution in [0.2, 0.25) is 5.02 Å². The highest BCUT2D eigenvalue weighted by molar-refractivity contribution is 7.09. The van der Waals surface area contributed by atoms with Crippen LogP contribution in [0.1, 0.15) is 21.7 Å². The highest BCUT2D eigenvalue weighted by Gasteiger charge is 2.15. The highest BCUT2D eigenvalue weighted by Crippen LogP contribution is 2.22. The summed E-state index contributed by atoms with van der Waals surface area (Å²) < 4.78 is 13.5. The Kier molecular flexibility index (Phi) is 3.92. The zero-order chi connectivity index (χ0) is 12.3. The standard InChI is InChI=1S/C13H10ClFOS/c14-10-4-1-5-11(15)13(10)12(16)7-6-9-3-2-8-17-9/h1-5,8H,6-7H2. The molecule has 0 fully saturated rings. The molecule has 0 bridgehead atoms. The minimum Gasteiger partial charge on any atom is -0.294 e. The summed E-state index contributed by atoms with van der Waals surface area (Å²) >= 11 is 7.42. The summed E-state index contributed by atoms with van der Waals surface area (Å²) in [6.45, 7) is 0. The van der Waals surface area contributed by atoms with E-state index in [1.165, 1.54) is 18.2 Å². The first-order chi connectivity index (χ1) is 8.18. The van der Waals surface area contributed by atoms with Crippen LogP contribution in [0.25, 0.3) is 0 Å². The summed E-state index contributed by atoms with van der Waals surface area (Å²) in [6.07, 6.45) is 0.905. The van der Waals surface area contributed by atoms with E-state index in [-0.39, 0.29) is 22.8 Å². The van der Waals surface area contributed by atoms with Gasteiger partial charge in [0.15, 0.2) is 5.78 Å². The third-order valence-electron chi connectivity index (χ3n) is 2.42. The lowest BCUT2D eigenvalue weighted by Crippen LogP contribution is -2.04. The fourth-order valence-corrected chi connectivity index (χ4v) is 2.56. The van der Waals surface area contributed by atoms with Crippen LogP contribution < -0.4 is 0 Å². The summed E-state index contributed by atoms with van der Waals surface area (Å²) in [6, 6.07) is 8.17. The zero-order valence-electron chi connectivity index (χ0n) is 8.95. The molecular formula is C13H10ClFOS. The van der Waals surface area contributed by atoms with Crippen LogP contribution in [0.5, 0.6) is 0 Å². The lowest BCUT2D eigenvalue weighted by molar-refractivity contribution is 0.0979. The second-order valence-electron chi connectivity index (χ2n) is 3.60. The lowest BCUT2D eigenvalue weighted by atomic mass is 10.1. The van der Waals surface area contributed by atoms with Crippen molar-refractivity contribution in [1.29, 1.82) is 0 Å². The minimum atomic E-state index is -0.548. The van der Waals surface area contributed by atoms with Gasteiger partial charge in [-0.2, -0.15) is 0 Å². The molecule has 1 nitrogen and oxygen atoms in total. The van der Waals surface area contributed by atoms with Crippen LogP contribution in [0.3, 0.4) is 0 Å². The Balaban J connectivity index is 2.10. The molecule has 0 spiro atoms. The number of benzene rings is 1. The Bertz CT molecular complexity index is 502. The van der Waals surface area contributed by atoms with E-state index in [9.17, 15) is 9.18 Å². The van der Waals surface area contributed by atoms with Crippen molar-refractivity contribution in [2.75, 3.05) is 0 Å². The number of hydrogen-bond donors (Lipinski definition) is 0. The molecule has 2 rings (SSSR count). The highest BCUT2D eigenvalue weighted by atomic mass is 35.5. The maximum absolute atomic E-state index is 13.5. The van der Waals surface area contributed by atoms with Crippen molar-refractivity contribution in [3.63, 3.8) is 0 Å². The molecule has 0 aliphatic rings. The molecule has 4 heteroatoms.